The lowest BCUT2D eigenvalue weighted by Gasteiger charge is -2.13. The molecule has 18 heavy (non-hydrogen) atoms. The van der Waals surface area contributed by atoms with E-state index in [-0.39, 0.29) is 12.2 Å². The van der Waals surface area contributed by atoms with Crippen LogP contribution in [0.3, 0.4) is 0 Å². The third-order valence-electron chi connectivity index (χ3n) is 2.16. The van der Waals surface area contributed by atoms with Crippen LogP contribution in [0.1, 0.15) is 28.7 Å². The third-order valence-corrected chi connectivity index (χ3v) is 2.16. The van der Waals surface area contributed by atoms with Gasteiger partial charge in [-0.3, -0.25) is 9.78 Å². The van der Waals surface area contributed by atoms with Crippen molar-refractivity contribution in [2.24, 2.45) is 0 Å². The van der Waals surface area contributed by atoms with Gasteiger partial charge in [0.2, 0.25) is 5.78 Å². The smallest absolute Gasteiger partial charge is 0.404 e. The van der Waals surface area contributed by atoms with Crippen molar-refractivity contribution in [3.05, 3.63) is 29.1 Å². The summed E-state index contributed by atoms with van der Waals surface area (Å²) in [7, 11) is 0. The molecule has 0 spiro atoms. The first-order chi connectivity index (χ1) is 8.28. The van der Waals surface area contributed by atoms with Gasteiger partial charge in [0, 0.05) is 17.0 Å². The first kappa shape index (κ1) is 14.2. The summed E-state index contributed by atoms with van der Waals surface area (Å²) in [5, 5.41) is 0. The Kier molecular flexibility index (Phi) is 4.11. The highest BCUT2D eigenvalue weighted by Gasteiger charge is 2.49. The minimum Gasteiger partial charge on any atom is -0.461 e. The average Bonchev–Trinajstić information content (AvgIpc) is 2.26. The lowest BCUT2D eigenvalue weighted by molar-refractivity contribution is -0.164. The van der Waals surface area contributed by atoms with Crippen LogP contribution in [0.5, 0.6) is 0 Å². The zero-order valence-corrected chi connectivity index (χ0v) is 10.3. The highest BCUT2D eigenvalue weighted by atomic mass is 19.3. The van der Waals surface area contributed by atoms with Crippen LogP contribution in [-0.2, 0) is 9.53 Å². The number of esters is 1. The molecule has 1 heterocycles. The fraction of sp³-hybridized carbons (Fsp3) is 0.417. The molecule has 0 bridgehead atoms. The largest absolute Gasteiger partial charge is 0.461 e. The van der Waals surface area contributed by atoms with E-state index in [0.29, 0.717) is 11.4 Å². The molecule has 1 rings (SSSR count). The molecule has 0 radical (unpaired) electrons. The maximum absolute atomic E-state index is 13.5. The van der Waals surface area contributed by atoms with Crippen molar-refractivity contribution in [2.45, 2.75) is 26.7 Å². The molecule has 0 amide bonds. The first-order valence-corrected chi connectivity index (χ1v) is 5.34. The maximum atomic E-state index is 13.5. The molecule has 0 aliphatic carbocycles. The van der Waals surface area contributed by atoms with Crippen molar-refractivity contribution in [3.8, 4) is 0 Å². The van der Waals surface area contributed by atoms with Crippen molar-refractivity contribution in [3.63, 3.8) is 0 Å². The molecule has 0 atom stereocenters. The molecule has 6 heteroatoms. The highest BCUT2D eigenvalue weighted by Crippen LogP contribution is 2.22. The van der Waals surface area contributed by atoms with E-state index in [1.54, 1.807) is 13.8 Å². The number of ether oxygens (including phenoxy) is 1. The van der Waals surface area contributed by atoms with Gasteiger partial charge in [-0.1, -0.05) is 0 Å². The Bertz CT molecular complexity index is 466. The van der Waals surface area contributed by atoms with Crippen LogP contribution in [0.2, 0.25) is 0 Å². The van der Waals surface area contributed by atoms with Gasteiger partial charge in [-0.25, -0.2) is 4.79 Å². The van der Waals surface area contributed by atoms with E-state index in [1.165, 1.54) is 19.1 Å². The summed E-state index contributed by atoms with van der Waals surface area (Å²) in [5.74, 6) is -7.58. The molecule has 1 aromatic heterocycles. The molecule has 0 saturated heterocycles. The summed E-state index contributed by atoms with van der Waals surface area (Å²) in [5.41, 5.74) is 0.606. The normalized spacial score (nSPS) is 11.2. The molecule has 0 aliphatic heterocycles. The number of Topliss-reactive ketones (excluding diaryl/α,β-unsaturated/α-hetero) is 1. The summed E-state index contributed by atoms with van der Waals surface area (Å²) in [6.45, 7) is 4.33. The van der Waals surface area contributed by atoms with Crippen molar-refractivity contribution < 1.29 is 23.1 Å². The number of halogens is 2. The zero-order chi connectivity index (χ0) is 13.9. The topological polar surface area (TPSA) is 56.3 Å². The SMILES string of the molecule is CCOC(=O)C(F)(F)C(=O)c1cc(C)nc(C)c1. The van der Waals surface area contributed by atoms with Crippen LogP contribution >= 0.6 is 0 Å². The number of alkyl halides is 2. The van der Waals surface area contributed by atoms with E-state index in [4.69, 9.17) is 0 Å². The second-order valence-electron chi connectivity index (χ2n) is 3.76. The molecular weight excluding hydrogens is 244 g/mol. The van der Waals surface area contributed by atoms with E-state index >= 15 is 0 Å². The average molecular weight is 257 g/mol. The minimum atomic E-state index is -4.17. The Morgan fingerprint density at radius 3 is 2.22 bits per heavy atom. The van der Waals surface area contributed by atoms with Gasteiger partial charge >= 0.3 is 11.9 Å². The van der Waals surface area contributed by atoms with Crippen LogP contribution in [0.25, 0.3) is 0 Å². The summed E-state index contributed by atoms with van der Waals surface area (Å²) in [6, 6.07) is 2.42. The predicted molar refractivity (Wildman–Crippen MR) is 59.6 cm³/mol. The molecule has 0 saturated carbocycles. The van der Waals surface area contributed by atoms with Crippen LogP contribution in [0.4, 0.5) is 8.78 Å². The van der Waals surface area contributed by atoms with Gasteiger partial charge in [0.15, 0.2) is 0 Å². The molecule has 1 aromatic rings. The van der Waals surface area contributed by atoms with Crippen LogP contribution in [-0.4, -0.2) is 29.3 Å². The van der Waals surface area contributed by atoms with E-state index in [2.05, 4.69) is 9.72 Å². The highest BCUT2D eigenvalue weighted by molar-refractivity contribution is 6.13. The Labute approximate surface area is 103 Å². The number of ketones is 1. The summed E-state index contributed by atoms with van der Waals surface area (Å²) in [4.78, 5) is 26.6. The number of hydrogen-bond acceptors (Lipinski definition) is 4. The van der Waals surface area contributed by atoms with E-state index in [0.717, 1.165) is 0 Å². The molecule has 98 valence electrons. The number of pyridine rings is 1. The zero-order valence-electron chi connectivity index (χ0n) is 10.3. The molecule has 0 aliphatic rings. The van der Waals surface area contributed by atoms with Crippen molar-refractivity contribution >= 4 is 11.8 Å². The number of carbonyl (C=O) groups excluding carboxylic acids is 2. The monoisotopic (exact) mass is 257 g/mol. The Hall–Kier alpha value is -1.85. The lowest BCUT2D eigenvalue weighted by atomic mass is 10.0. The lowest BCUT2D eigenvalue weighted by Crippen LogP contribution is -2.39. The number of hydrogen-bond donors (Lipinski definition) is 0. The van der Waals surface area contributed by atoms with Gasteiger partial charge in [-0.2, -0.15) is 8.78 Å². The number of aryl methyl sites for hydroxylation is 2. The van der Waals surface area contributed by atoms with Crippen LogP contribution in [0, 0.1) is 13.8 Å². The number of aromatic nitrogens is 1. The molecule has 0 unspecified atom stereocenters. The fourth-order valence-corrected chi connectivity index (χ4v) is 1.46. The van der Waals surface area contributed by atoms with Gasteiger partial charge in [-0.05, 0) is 32.9 Å². The van der Waals surface area contributed by atoms with Crippen molar-refractivity contribution in [2.75, 3.05) is 6.61 Å². The minimum absolute atomic E-state index is 0.212. The van der Waals surface area contributed by atoms with Crippen molar-refractivity contribution in [1.82, 2.24) is 4.98 Å². The Morgan fingerprint density at radius 1 is 1.28 bits per heavy atom. The predicted octanol–water partition coefficient (Wildman–Crippen LogP) is 2.08. The van der Waals surface area contributed by atoms with E-state index in [1.807, 2.05) is 0 Å². The Morgan fingerprint density at radius 2 is 1.78 bits per heavy atom. The molecule has 0 aromatic carbocycles. The standard InChI is InChI=1S/C12H13F2NO3/c1-4-18-11(17)12(13,14)10(16)9-5-7(2)15-8(3)6-9/h5-6H,4H2,1-3H3. The van der Waals surface area contributed by atoms with Gasteiger partial charge in [0.05, 0.1) is 6.61 Å². The molecule has 0 fully saturated rings. The van der Waals surface area contributed by atoms with Gasteiger partial charge < -0.3 is 4.74 Å². The fourth-order valence-electron chi connectivity index (χ4n) is 1.46. The van der Waals surface area contributed by atoms with E-state index in [9.17, 15) is 18.4 Å². The first-order valence-electron chi connectivity index (χ1n) is 5.34. The summed E-state index contributed by atoms with van der Waals surface area (Å²) in [6.07, 6.45) is 0. The second-order valence-corrected chi connectivity index (χ2v) is 3.76. The number of rotatable bonds is 4. The van der Waals surface area contributed by atoms with Crippen molar-refractivity contribution in [1.29, 1.82) is 0 Å². The summed E-state index contributed by atoms with van der Waals surface area (Å²) < 4.78 is 31.2. The van der Waals surface area contributed by atoms with Gasteiger partial charge in [0.25, 0.3) is 0 Å². The van der Waals surface area contributed by atoms with Crippen LogP contribution in [0.15, 0.2) is 12.1 Å². The van der Waals surface area contributed by atoms with E-state index < -0.39 is 17.7 Å². The summed E-state index contributed by atoms with van der Waals surface area (Å²) >= 11 is 0. The van der Waals surface area contributed by atoms with Gasteiger partial charge in [0.1, 0.15) is 0 Å². The molecular formula is C12H13F2NO3. The number of carbonyl (C=O) groups is 2. The number of nitrogens with zero attached hydrogens (tertiary/aromatic N) is 1. The third kappa shape index (κ3) is 2.88. The molecule has 0 N–H and O–H groups in total. The second kappa shape index (κ2) is 5.20. The quantitative estimate of drug-likeness (QED) is 0.471. The Balaban J connectivity index is 3.09. The van der Waals surface area contributed by atoms with Gasteiger partial charge in [-0.15, -0.1) is 0 Å². The maximum Gasteiger partial charge on any atom is 0.404 e. The van der Waals surface area contributed by atoms with Crippen LogP contribution < -0.4 is 0 Å². The molecule has 4 nitrogen and oxygen atoms in total.